The van der Waals surface area contributed by atoms with Gasteiger partial charge in [0, 0.05) is 13.0 Å². The van der Waals surface area contributed by atoms with E-state index in [1.165, 1.54) is 16.9 Å². The van der Waals surface area contributed by atoms with Crippen molar-refractivity contribution in [3.63, 3.8) is 0 Å². The first-order chi connectivity index (χ1) is 11.3. The molecule has 0 fully saturated rings. The molecule has 2 aromatic rings. The maximum absolute atomic E-state index is 12.6. The van der Waals surface area contributed by atoms with E-state index in [9.17, 15) is 9.59 Å². The molecule has 6 heteroatoms. The average Bonchev–Trinajstić information content (AvgIpc) is 2.81. The smallest absolute Gasteiger partial charge is 0.246 e. The van der Waals surface area contributed by atoms with Gasteiger partial charge in [-0.05, 0) is 5.56 Å². The number of aromatic amines is 1. The van der Waals surface area contributed by atoms with Crippen molar-refractivity contribution in [2.75, 3.05) is 0 Å². The molecule has 0 saturated carbocycles. The highest BCUT2D eigenvalue weighted by Gasteiger charge is 2.36. The molecule has 0 amide bonds. The zero-order valence-corrected chi connectivity index (χ0v) is 15.5. The van der Waals surface area contributed by atoms with E-state index in [1.54, 1.807) is 0 Å². The molecule has 1 heterocycles. The summed E-state index contributed by atoms with van der Waals surface area (Å²) in [6.45, 7) is 6.79. The molecule has 1 N–H and O–H groups in total. The molecule has 126 valence electrons. The molecule has 3 rings (SSSR count). The minimum absolute atomic E-state index is 0.0219. The van der Waals surface area contributed by atoms with Crippen molar-refractivity contribution in [3.8, 4) is 0 Å². The van der Waals surface area contributed by atoms with Gasteiger partial charge in [0.05, 0.1) is 14.1 Å². The van der Waals surface area contributed by atoms with Crippen LogP contribution in [0, 0.1) is 0 Å². The highest BCUT2D eigenvalue weighted by Crippen LogP contribution is 2.40. The fourth-order valence-electron chi connectivity index (χ4n) is 3.30. The third kappa shape index (κ3) is 2.77. The van der Waals surface area contributed by atoms with Gasteiger partial charge in [-0.2, -0.15) is 0 Å². The highest BCUT2D eigenvalue weighted by molar-refractivity contribution is 6.83. The van der Waals surface area contributed by atoms with Crippen LogP contribution in [0.15, 0.2) is 63.3 Å². The summed E-state index contributed by atoms with van der Waals surface area (Å²) in [5.74, 6) is 0.0219. The Labute approximate surface area is 141 Å². The van der Waals surface area contributed by atoms with Crippen molar-refractivity contribution in [1.82, 2.24) is 14.3 Å². The average molecular weight is 341 g/mol. The lowest BCUT2D eigenvalue weighted by Gasteiger charge is -2.35. The summed E-state index contributed by atoms with van der Waals surface area (Å²) in [7, 11) is -0.183. The van der Waals surface area contributed by atoms with Crippen LogP contribution in [0.2, 0.25) is 19.6 Å². The summed E-state index contributed by atoms with van der Waals surface area (Å²) in [5, 5.41) is 4.00. The Morgan fingerprint density at radius 3 is 2.29 bits per heavy atom. The molecule has 0 bridgehead atoms. The minimum Gasteiger partial charge on any atom is -0.246 e. The monoisotopic (exact) mass is 341 g/mol. The topological polar surface area (TPSA) is 59.8 Å². The second-order valence-corrected chi connectivity index (χ2v) is 12.3. The van der Waals surface area contributed by atoms with Crippen LogP contribution in [-0.4, -0.2) is 22.4 Å². The molecule has 1 aliphatic carbocycles. The molecule has 1 aliphatic rings. The lowest BCUT2D eigenvalue weighted by molar-refractivity contribution is 0.462. The Morgan fingerprint density at radius 2 is 1.75 bits per heavy atom. The van der Waals surface area contributed by atoms with Gasteiger partial charge in [-0.25, -0.2) is 23.9 Å². The van der Waals surface area contributed by atoms with E-state index in [0.29, 0.717) is 0 Å². The number of rotatable bonds is 3. The lowest BCUT2D eigenvalue weighted by Crippen LogP contribution is -2.39. The number of nitrogens with one attached hydrogen (secondary N) is 1. The quantitative estimate of drug-likeness (QED) is 0.872. The SMILES string of the molecule is Cn1c(=O)[nH]n([C@@H]2C([Si](C)(C)C)=CC=C[C@H]2c2ccccc2)c1=O. The van der Waals surface area contributed by atoms with Gasteiger partial charge in [0.1, 0.15) is 0 Å². The van der Waals surface area contributed by atoms with Crippen LogP contribution in [0.1, 0.15) is 17.5 Å². The number of allylic oxidation sites excluding steroid dienone is 4. The van der Waals surface area contributed by atoms with Crippen LogP contribution in [0.4, 0.5) is 0 Å². The van der Waals surface area contributed by atoms with Crippen LogP contribution in [0.5, 0.6) is 0 Å². The maximum Gasteiger partial charge on any atom is 0.347 e. The summed E-state index contributed by atoms with van der Waals surface area (Å²) in [5.41, 5.74) is 0.459. The molecule has 1 aromatic heterocycles. The van der Waals surface area contributed by atoms with E-state index < -0.39 is 8.07 Å². The summed E-state index contributed by atoms with van der Waals surface area (Å²) in [4.78, 5) is 24.6. The Balaban J connectivity index is 2.22. The normalized spacial score (nSPS) is 20.9. The predicted octanol–water partition coefficient (Wildman–Crippen LogP) is 2.57. The van der Waals surface area contributed by atoms with E-state index in [2.05, 4.69) is 55.1 Å². The van der Waals surface area contributed by atoms with Crippen LogP contribution in [0.25, 0.3) is 0 Å². The van der Waals surface area contributed by atoms with E-state index in [4.69, 9.17) is 0 Å². The third-order valence-corrected chi connectivity index (χ3v) is 6.79. The van der Waals surface area contributed by atoms with Crippen molar-refractivity contribution in [2.45, 2.75) is 31.6 Å². The van der Waals surface area contributed by atoms with E-state index in [1.807, 2.05) is 18.2 Å². The lowest BCUT2D eigenvalue weighted by atomic mass is 9.88. The first kappa shape index (κ1) is 16.5. The molecule has 1 aromatic carbocycles. The highest BCUT2D eigenvalue weighted by atomic mass is 28.3. The number of benzene rings is 1. The summed E-state index contributed by atoms with van der Waals surface area (Å²) in [6, 6.07) is 9.94. The van der Waals surface area contributed by atoms with E-state index >= 15 is 0 Å². The number of aromatic nitrogens is 3. The number of H-pyrrole nitrogens is 1. The summed E-state index contributed by atoms with van der Waals surface area (Å²) in [6.07, 6.45) is 6.31. The van der Waals surface area contributed by atoms with Gasteiger partial charge in [0.2, 0.25) is 0 Å². The molecule has 0 aliphatic heterocycles. The van der Waals surface area contributed by atoms with Crippen molar-refractivity contribution in [1.29, 1.82) is 0 Å². The summed E-state index contributed by atoms with van der Waals surface area (Å²) < 4.78 is 2.63. The number of hydrogen-bond donors (Lipinski definition) is 1. The Bertz CT molecular complexity index is 910. The molecular weight excluding hydrogens is 318 g/mol. The van der Waals surface area contributed by atoms with Gasteiger partial charge in [-0.1, -0.05) is 73.4 Å². The second kappa shape index (κ2) is 5.94. The Kier molecular flexibility index (Phi) is 4.09. The van der Waals surface area contributed by atoms with Crippen molar-refractivity contribution >= 4 is 8.07 Å². The molecule has 24 heavy (non-hydrogen) atoms. The van der Waals surface area contributed by atoms with Gasteiger partial charge in [0.25, 0.3) is 0 Å². The Morgan fingerprint density at radius 1 is 1.08 bits per heavy atom. The van der Waals surface area contributed by atoms with Crippen molar-refractivity contribution < 1.29 is 0 Å². The predicted molar refractivity (Wildman–Crippen MR) is 99.1 cm³/mol. The number of nitrogens with zero attached hydrogens (tertiary/aromatic N) is 2. The van der Waals surface area contributed by atoms with Crippen LogP contribution in [0.3, 0.4) is 0 Å². The first-order valence-electron chi connectivity index (χ1n) is 8.12. The molecule has 0 saturated heterocycles. The molecule has 2 atom stereocenters. The van der Waals surface area contributed by atoms with Crippen LogP contribution < -0.4 is 11.4 Å². The number of hydrogen-bond acceptors (Lipinski definition) is 2. The molecule has 0 radical (unpaired) electrons. The van der Waals surface area contributed by atoms with Gasteiger partial charge >= 0.3 is 11.4 Å². The molecule has 0 unspecified atom stereocenters. The van der Waals surface area contributed by atoms with Crippen molar-refractivity contribution in [3.05, 3.63) is 80.3 Å². The maximum atomic E-state index is 12.6. The molecule has 0 spiro atoms. The van der Waals surface area contributed by atoms with Gasteiger partial charge in [-0.3, -0.25) is 0 Å². The third-order valence-electron chi connectivity index (χ3n) is 4.60. The van der Waals surface area contributed by atoms with Crippen LogP contribution >= 0.6 is 0 Å². The fraction of sp³-hybridized carbons (Fsp3) is 0.333. The fourth-order valence-corrected chi connectivity index (χ4v) is 5.09. The zero-order valence-electron chi connectivity index (χ0n) is 14.5. The first-order valence-corrected chi connectivity index (χ1v) is 11.6. The standard InChI is InChI=1S/C18H23N3O2Si/c1-20-17(22)19-21(18(20)23)16-14(13-9-6-5-7-10-13)11-8-12-15(16)24(2,3)4/h5-12,14,16H,1-4H3,(H,19,22)/t14-,16-/m0/s1. The Hall–Kier alpha value is -2.34. The minimum atomic E-state index is -1.69. The molecular formula is C18H23N3O2Si. The van der Waals surface area contributed by atoms with Crippen LogP contribution in [-0.2, 0) is 7.05 Å². The molecule has 5 nitrogen and oxygen atoms in total. The van der Waals surface area contributed by atoms with E-state index in [0.717, 1.165) is 10.1 Å². The van der Waals surface area contributed by atoms with Gasteiger partial charge in [0.15, 0.2) is 0 Å². The largest absolute Gasteiger partial charge is 0.347 e. The van der Waals surface area contributed by atoms with Gasteiger partial charge < -0.3 is 0 Å². The summed E-state index contributed by atoms with van der Waals surface area (Å²) >= 11 is 0. The van der Waals surface area contributed by atoms with E-state index in [-0.39, 0.29) is 23.3 Å². The van der Waals surface area contributed by atoms with Gasteiger partial charge in [-0.15, -0.1) is 0 Å². The second-order valence-electron chi connectivity index (χ2n) is 7.27. The van der Waals surface area contributed by atoms with Crippen molar-refractivity contribution in [2.24, 2.45) is 7.05 Å². The zero-order chi connectivity index (χ0) is 17.5.